The molecule has 188 valence electrons. The molecule has 0 radical (unpaired) electrons. The Morgan fingerprint density at radius 2 is 1.85 bits per heavy atom. The Bertz CT molecular complexity index is 933. The van der Waals surface area contributed by atoms with Gasteiger partial charge >= 0.3 is 18.2 Å². The van der Waals surface area contributed by atoms with Crippen LogP contribution < -0.4 is 4.90 Å². The first kappa shape index (κ1) is 26.2. The maximum Gasteiger partial charge on any atom is 0.490 e. The average molecular weight is 505 g/mol. The number of rotatable bonds is 4. The molecular weight excluding hydrogens is 477 g/mol. The maximum absolute atomic E-state index is 10.6. The van der Waals surface area contributed by atoms with E-state index < -0.39 is 12.1 Å². The molecule has 2 aliphatic rings. The zero-order valence-electron chi connectivity index (χ0n) is 19.0. The van der Waals surface area contributed by atoms with E-state index in [0.717, 1.165) is 50.5 Å². The van der Waals surface area contributed by atoms with Crippen LogP contribution in [0.4, 0.5) is 19.2 Å². The Hall–Kier alpha value is -2.37. The van der Waals surface area contributed by atoms with Gasteiger partial charge in [0.25, 0.3) is 0 Å². The molecule has 0 saturated carbocycles. The van der Waals surface area contributed by atoms with Crippen LogP contribution in [-0.2, 0) is 16.0 Å². The highest BCUT2D eigenvalue weighted by Gasteiger charge is 2.38. The van der Waals surface area contributed by atoms with E-state index in [1.807, 2.05) is 19.1 Å². The van der Waals surface area contributed by atoms with E-state index in [-0.39, 0.29) is 6.10 Å². The summed E-state index contributed by atoms with van der Waals surface area (Å²) in [4.78, 5) is 18.1. The second kappa shape index (κ2) is 11.4. The van der Waals surface area contributed by atoms with Crippen molar-refractivity contribution in [2.75, 3.05) is 31.1 Å². The smallest absolute Gasteiger partial charge is 0.475 e. The number of hydrogen-bond acceptors (Lipinski definition) is 7. The topological polar surface area (TPSA) is 91.9 Å². The molecule has 1 N–H and O–H groups in total. The van der Waals surface area contributed by atoms with Crippen LogP contribution in [0.25, 0.3) is 0 Å². The summed E-state index contributed by atoms with van der Waals surface area (Å²) >= 11 is 6.03. The van der Waals surface area contributed by atoms with E-state index in [1.165, 1.54) is 5.56 Å². The molecule has 0 bridgehead atoms. The van der Waals surface area contributed by atoms with Crippen LogP contribution in [0.5, 0.6) is 0 Å². The zero-order valence-corrected chi connectivity index (χ0v) is 19.7. The van der Waals surface area contributed by atoms with E-state index in [2.05, 4.69) is 39.0 Å². The van der Waals surface area contributed by atoms with Gasteiger partial charge in [0.05, 0.1) is 12.7 Å². The van der Waals surface area contributed by atoms with Crippen molar-refractivity contribution in [3.05, 3.63) is 40.7 Å². The van der Waals surface area contributed by atoms with Gasteiger partial charge in [-0.3, -0.25) is 4.90 Å². The van der Waals surface area contributed by atoms with Gasteiger partial charge in [-0.2, -0.15) is 18.2 Å². The molecule has 2 aromatic rings. The molecule has 0 spiro atoms. The van der Waals surface area contributed by atoms with E-state index in [9.17, 15) is 13.2 Å². The van der Waals surface area contributed by atoms with Crippen LogP contribution in [-0.4, -0.2) is 76.7 Å². The van der Waals surface area contributed by atoms with Crippen molar-refractivity contribution < 1.29 is 32.3 Å². The number of carboxylic acids is 1. The van der Waals surface area contributed by atoms with Crippen LogP contribution in [0.3, 0.4) is 0 Å². The molecule has 2 fully saturated rings. The first-order valence-electron chi connectivity index (χ1n) is 11.0. The number of carbonyl (C=O) groups is 1. The number of alkyl halides is 3. The van der Waals surface area contributed by atoms with Crippen molar-refractivity contribution in [2.45, 2.75) is 57.5 Å². The Kier molecular flexibility index (Phi) is 8.78. The minimum Gasteiger partial charge on any atom is -0.475 e. The number of aryl methyl sites for hydroxylation is 1. The number of piperidine rings is 1. The van der Waals surface area contributed by atoms with Crippen LogP contribution in [0, 0.1) is 6.92 Å². The molecular formula is C22H28ClF3N4O4. The molecule has 34 heavy (non-hydrogen) atoms. The number of carboxylic acid groups (broad SMARTS) is 1. The Balaban J connectivity index is 0.000000406. The zero-order chi connectivity index (χ0) is 24.9. The van der Waals surface area contributed by atoms with Crippen LogP contribution in [0.1, 0.15) is 31.2 Å². The van der Waals surface area contributed by atoms with Gasteiger partial charge in [-0.15, -0.1) is 0 Å². The number of aromatic nitrogens is 2. The summed E-state index contributed by atoms with van der Waals surface area (Å²) in [5.41, 5.74) is 1.31. The summed E-state index contributed by atoms with van der Waals surface area (Å²) < 4.78 is 43.1. The number of benzene rings is 1. The van der Waals surface area contributed by atoms with Gasteiger partial charge in [0, 0.05) is 36.7 Å². The third-order valence-corrected chi connectivity index (χ3v) is 6.11. The number of hydrogen-bond donors (Lipinski definition) is 1. The van der Waals surface area contributed by atoms with Gasteiger partial charge in [0.1, 0.15) is 0 Å². The minimum atomic E-state index is -5.08. The second-order valence-corrected chi connectivity index (χ2v) is 8.91. The van der Waals surface area contributed by atoms with Crippen molar-refractivity contribution in [1.82, 2.24) is 15.0 Å². The van der Waals surface area contributed by atoms with E-state index >= 15 is 0 Å². The first-order valence-corrected chi connectivity index (χ1v) is 11.4. The van der Waals surface area contributed by atoms with Crippen molar-refractivity contribution in [1.29, 1.82) is 0 Å². The lowest BCUT2D eigenvalue weighted by Crippen LogP contribution is -2.56. The predicted molar refractivity (Wildman–Crippen MR) is 119 cm³/mol. The van der Waals surface area contributed by atoms with Crippen LogP contribution in [0.15, 0.2) is 28.8 Å². The summed E-state index contributed by atoms with van der Waals surface area (Å²) in [6, 6.07) is 9.81. The average Bonchev–Trinajstić information content (AvgIpc) is 3.23. The fraction of sp³-hybridized carbons (Fsp3) is 0.591. The molecule has 4 rings (SSSR count). The van der Waals surface area contributed by atoms with E-state index in [1.54, 1.807) is 0 Å². The summed E-state index contributed by atoms with van der Waals surface area (Å²) in [6.45, 7) is 7.70. The lowest BCUT2D eigenvalue weighted by Gasteiger charge is -2.46. The highest BCUT2D eigenvalue weighted by atomic mass is 35.5. The largest absolute Gasteiger partial charge is 0.490 e. The summed E-state index contributed by atoms with van der Waals surface area (Å²) in [7, 11) is 0. The van der Waals surface area contributed by atoms with Crippen LogP contribution >= 0.6 is 11.6 Å². The molecule has 0 aliphatic carbocycles. The third kappa shape index (κ3) is 7.31. The standard InChI is InChI=1S/C20H27ClN4O2.C2HF3O2/c1-14-12-25(19(13-26-14)11-16-3-5-17(21)6-4-16)18-7-9-24(10-8-18)20-22-15(2)23-27-20;3-2(4,5)1(6)7/h3-6,14,18-19H,7-13H2,1-2H3;(H,6,7)/t14-,19-;/m0./s1. The molecule has 1 aromatic heterocycles. The quantitative estimate of drug-likeness (QED) is 0.669. The van der Waals surface area contributed by atoms with E-state index in [0.29, 0.717) is 23.9 Å². The molecule has 1 aromatic carbocycles. The fourth-order valence-corrected chi connectivity index (χ4v) is 4.32. The summed E-state index contributed by atoms with van der Waals surface area (Å²) in [5, 5.41) is 11.8. The highest BCUT2D eigenvalue weighted by molar-refractivity contribution is 6.30. The van der Waals surface area contributed by atoms with E-state index in [4.69, 9.17) is 30.8 Å². The van der Waals surface area contributed by atoms with Gasteiger partial charge in [0.15, 0.2) is 5.82 Å². The molecule has 2 saturated heterocycles. The SMILES string of the molecule is Cc1noc(N2CCC(N3C[C@H](C)OC[C@@H]3Cc3ccc(Cl)cc3)CC2)n1.O=C(O)C(F)(F)F. The molecule has 0 unspecified atom stereocenters. The van der Waals surface area contributed by atoms with Gasteiger partial charge in [0.2, 0.25) is 0 Å². The molecule has 12 heteroatoms. The lowest BCUT2D eigenvalue weighted by molar-refractivity contribution is -0.192. The Labute approximate surface area is 200 Å². The Morgan fingerprint density at radius 3 is 2.38 bits per heavy atom. The fourth-order valence-electron chi connectivity index (χ4n) is 4.19. The van der Waals surface area contributed by atoms with Gasteiger partial charge < -0.3 is 19.3 Å². The Morgan fingerprint density at radius 1 is 1.24 bits per heavy atom. The molecule has 2 atom stereocenters. The number of morpholine rings is 1. The van der Waals surface area contributed by atoms with Crippen molar-refractivity contribution in [3.63, 3.8) is 0 Å². The molecule has 8 nitrogen and oxygen atoms in total. The van der Waals surface area contributed by atoms with Crippen molar-refractivity contribution in [3.8, 4) is 0 Å². The molecule has 2 aliphatic heterocycles. The minimum absolute atomic E-state index is 0.281. The van der Waals surface area contributed by atoms with Crippen molar-refractivity contribution >= 4 is 23.6 Å². The predicted octanol–water partition coefficient (Wildman–Crippen LogP) is 3.97. The second-order valence-electron chi connectivity index (χ2n) is 8.47. The summed E-state index contributed by atoms with van der Waals surface area (Å²) in [5.74, 6) is -2.07. The summed E-state index contributed by atoms with van der Waals surface area (Å²) in [6.07, 6.45) is -1.60. The van der Waals surface area contributed by atoms with Gasteiger partial charge in [-0.25, -0.2) is 4.79 Å². The normalized spacial score (nSPS) is 22.2. The van der Waals surface area contributed by atoms with Crippen LogP contribution in [0.2, 0.25) is 5.02 Å². The highest BCUT2D eigenvalue weighted by Crippen LogP contribution is 2.27. The molecule has 3 heterocycles. The number of halogens is 4. The van der Waals surface area contributed by atoms with Gasteiger partial charge in [-0.1, -0.05) is 28.9 Å². The monoisotopic (exact) mass is 504 g/mol. The number of anilines is 1. The number of aliphatic carboxylic acids is 1. The lowest BCUT2D eigenvalue weighted by atomic mass is 9.96. The molecule has 0 amide bonds. The number of ether oxygens (including phenoxy) is 1. The van der Waals surface area contributed by atoms with Crippen molar-refractivity contribution in [2.24, 2.45) is 0 Å². The third-order valence-electron chi connectivity index (χ3n) is 5.86. The first-order chi connectivity index (χ1) is 16.0. The van der Waals surface area contributed by atoms with Gasteiger partial charge in [-0.05, 0) is 50.8 Å². The maximum atomic E-state index is 10.6. The number of nitrogens with zero attached hydrogens (tertiary/aromatic N) is 4.